The first-order valence-corrected chi connectivity index (χ1v) is 6.96. The molecule has 3 heteroatoms. The molecule has 2 aliphatic rings. The predicted molar refractivity (Wildman–Crippen MR) is 74.0 cm³/mol. The smallest absolute Gasteiger partial charge is 0.0619 e. The lowest BCUT2D eigenvalue weighted by Gasteiger charge is -2.37. The molecule has 0 amide bonds. The zero-order valence-electron chi connectivity index (χ0n) is 11.1. The molecule has 18 heavy (non-hydrogen) atoms. The highest BCUT2D eigenvalue weighted by atomic mass is 16.5. The summed E-state index contributed by atoms with van der Waals surface area (Å²) < 4.78 is 5.50. The highest BCUT2D eigenvalue weighted by Crippen LogP contribution is 2.25. The van der Waals surface area contributed by atoms with Crippen LogP contribution in [0.1, 0.15) is 12.5 Å². The molecule has 2 atom stereocenters. The summed E-state index contributed by atoms with van der Waals surface area (Å²) in [7, 11) is 0. The Morgan fingerprint density at radius 1 is 1.39 bits per heavy atom. The Bertz CT molecular complexity index is 407. The van der Waals surface area contributed by atoms with Crippen LogP contribution in [0, 0.1) is 5.92 Å². The molecule has 2 aliphatic heterocycles. The van der Waals surface area contributed by atoms with Crippen molar-refractivity contribution in [2.45, 2.75) is 19.4 Å². The molecular formula is C15H22N2O. The summed E-state index contributed by atoms with van der Waals surface area (Å²) in [6.45, 7) is 7.41. The van der Waals surface area contributed by atoms with Gasteiger partial charge in [-0.3, -0.25) is 4.90 Å². The fourth-order valence-electron chi connectivity index (χ4n) is 3.00. The first-order chi connectivity index (χ1) is 8.83. The van der Waals surface area contributed by atoms with Crippen molar-refractivity contribution in [2.75, 3.05) is 38.2 Å². The van der Waals surface area contributed by atoms with Gasteiger partial charge in [0.1, 0.15) is 0 Å². The fourth-order valence-corrected chi connectivity index (χ4v) is 3.00. The molecule has 0 bridgehead atoms. The van der Waals surface area contributed by atoms with Gasteiger partial charge in [0.15, 0.2) is 0 Å². The lowest BCUT2D eigenvalue weighted by molar-refractivity contribution is -0.00663. The van der Waals surface area contributed by atoms with Crippen molar-refractivity contribution in [3.63, 3.8) is 0 Å². The molecule has 1 N–H and O–H groups in total. The molecule has 98 valence electrons. The van der Waals surface area contributed by atoms with Gasteiger partial charge in [-0.25, -0.2) is 0 Å². The van der Waals surface area contributed by atoms with Crippen LogP contribution in [0.3, 0.4) is 0 Å². The highest BCUT2D eigenvalue weighted by Gasteiger charge is 2.24. The molecule has 0 spiro atoms. The van der Waals surface area contributed by atoms with Crippen LogP contribution in [0.5, 0.6) is 0 Å². The second kappa shape index (κ2) is 5.29. The minimum atomic E-state index is 0.566. The molecule has 3 rings (SSSR count). The number of morpholine rings is 1. The Kier molecular flexibility index (Phi) is 3.52. The maximum absolute atomic E-state index is 5.50. The summed E-state index contributed by atoms with van der Waals surface area (Å²) in [6.07, 6.45) is 1.20. The quantitative estimate of drug-likeness (QED) is 0.863. The van der Waals surface area contributed by atoms with Crippen LogP contribution in [0.2, 0.25) is 0 Å². The standard InChI is InChI=1S/C15H22N2O/c1-12-11-18-7-6-17(12)10-13-8-14-4-2-3-5-15(14)16-9-13/h2-5,12-13,16H,6-11H2,1H3. The molecule has 1 saturated heterocycles. The third-order valence-corrected chi connectivity index (χ3v) is 4.11. The maximum atomic E-state index is 5.50. The van der Waals surface area contributed by atoms with E-state index in [1.807, 2.05) is 0 Å². The van der Waals surface area contributed by atoms with Crippen molar-refractivity contribution in [3.05, 3.63) is 29.8 Å². The van der Waals surface area contributed by atoms with Crippen LogP contribution in [-0.4, -0.2) is 43.8 Å². The Hall–Kier alpha value is -1.06. The molecule has 1 fully saturated rings. The van der Waals surface area contributed by atoms with Crippen molar-refractivity contribution < 1.29 is 4.74 Å². The van der Waals surface area contributed by atoms with E-state index in [9.17, 15) is 0 Å². The number of para-hydroxylation sites is 1. The van der Waals surface area contributed by atoms with Gasteiger partial charge in [0.05, 0.1) is 13.2 Å². The van der Waals surface area contributed by atoms with E-state index in [4.69, 9.17) is 4.74 Å². The zero-order chi connectivity index (χ0) is 12.4. The molecule has 0 aromatic heterocycles. The lowest BCUT2D eigenvalue weighted by atomic mass is 9.93. The van der Waals surface area contributed by atoms with E-state index < -0.39 is 0 Å². The van der Waals surface area contributed by atoms with Crippen LogP contribution in [0.15, 0.2) is 24.3 Å². The minimum Gasteiger partial charge on any atom is -0.384 e. The number of fused-ring (bicyclic) bond motifs is 1. The van der Waals surface area contributed by atoms with Gasteiger partial charge in [-0.2, -0.15) is 0 Å². The van der Waals surface area contributed by atoms with Gasteiger partial charge in [-0.15, -0.1) is 0 Å². The normalized spacial score (nSPS) is 28.5. The summed E-state index contributed by atoms with van der Waals surface area (Å²) in [4.78, 5) is 2.57. The summed E-state index contributed by atoms with van der Waals surface area (Å²) in [5.41, 5.74) is 2.79. The van der Waals surface area contributed by atoms with Gasteiger partial charge < -0.3 is 10.1 Å². The Morgan fingerprint density at radius 3 is 3.17 bits per heavy atom. The third kappa shape index (κ3) is 2.52. The van der Waals surface area contributed by atoms with Crippen LogP contribution < -0.4 is 5.32 Å². The van der Waals surface area contributed by atoms with Gasteiger partial charge >= 0.3 is 0 Å². The molecule has 2 unspecified atom stereocenters. The van der Waals surface area contributed by atoms with Gasteiger partial charge in [0.25, 0.3) is 0 Å². The number of anilines is 1. The van der Waals surface area contributed by atoms with Crippen molar-refractivity contribution in [3.8, 4) is 0 Å². The van der Waals surface area contributed by atoms with Gasteiger partial charge in [-0.05, 0) is 30.9 Å². The number of ether oxygens (including phenoxy) is 1. The molecule has 1 aromatic rings. The van der Waals surface area contributed by atoms with Gasteiger partial charge in [0.2, 0.25) is 0 Å². The third-order valence-electron chi connectivity index (χ3n) is 4.11. The van der Waals surface area contributed by atoms with Crippen LogP contribution in [0.25, 0.3) is 0 Å². The van der Waals surface area contributed by atoms with Crippen LogP contribution >= 0.6 is 0 Å². The van der Waals surface area contributed by atoms with E-state index in [0.717, 1.165) is 32.2 Å². The number of hydrogen-bond acceptors (Lipinski definition) is 3. The van der Waals surface area contributed by atoms with E-state index in [1.54, 1.807) is 0 Å². The number of nitrogens with zero attached hydrogens (tertiary/aromatic N) is 1. The number of rotatable bonds is 2. The molecule has 2 heterocycles. The van der Waals surface area contributed by atoms with Gasteiger partial charge in [0, 0.05) is 31.4 Å². The van der Waals surface area contributed by atoms with Crippen molar-refractivity contribution in [1.29, 1.82) is 0 Å². The van der Waals surface area contributed by atoms with E-state index >= 15 is 0 Å². The average Bonchev–Trinajstić information content (AvgIpc) is 2.41. The number of hydrogen-bond donors (Lipinski definition) is 1. The molecule has 0 saturated carbocycles. The Morgan fingerprint density at radius 2 is 2.28 bits per heavy atom. The average molecular weight is 246 g/mol. The minimum absolute atomic E-state index is 0.566. The molecule has 1 aromatic carbocycles. The van der Waals surface area contributed by atoms with E-state index in [2.05, 4.69) is 41.4 Å². The Labute approximate surface area is 109 Å². The van der Waals surface area contributed by atoms with Gasteiger partial charge in [-0.1, -0.05) is 18.2 Å². The second-order valence-corrected chi connectivity index (χ2v) is 5.53. The molecule has 0 radical (unpaired) electrons. The second-order valence-electron chi connectivity index (χ2n) is 5.53. The highest BCUT2D eigenvalue weighted by molar-refractivity contribution is 5.53. The summed E-state index contributed by atoms with van der Waals surface area (Å²) in [5.74, 6) is 0.723. The summed E-state index contributed by atoms with van der Waals surface area (Å²) >= 11 is 0. The first-order valence-electron chi connectivity index (χ1n) is 6.96. The first kappa shape index (κ1) is 12.0. The lowest BCUT2D eigenvalue weighted by Crippen LogP contribution is -2.47. The molecule has 3 nitrogen and oxygen atoms in total. The maximum Gasteiger partial charge on any atom is 0.0619 e. The van der Waals surface area contributed by atoms with Crippen molar-refractivity contribution in [2.24, 2.45) is 5.92 Å². The largest absolute Gasteiger partial charge is 0.384 e. The summed E-state index contributed by atoms with van der Waals surface area (Å²) in [5, 5.41) is 3.56. The van der Waals surface area contributed by atoms with E-state index in [0.29, 0.717) is 6.04 Å². The summed E-state index contributed by atoms with van der Waals surface area (Å²) in [6, 6.07) is 9.24. The van der Waals surface area contributed by atoms with E-state index in [1.165, 1.54) is 24.2 Å². The van der Waals surface area contributed by atoms with Crippen molar-refractivity contribution in [1.82, 2.24) is 4.90 Å². The number of nitrogens with one attached hydrogen (secondary N) is 1. The SMILES string of the molecule is CC1COCCN1CC1CNc2ccccc2C1. The molecular weight excluding hydrogens is 224 g/mol. The predicted octanol–water partition coefficient (Wildman–Crippen LogP) is 1.99. The fraction of sp³-hybridized carbons (Fsp3) is 0.600. The topological polar surface area (TPSA) is 24.5 Å². The molecule has 0 aliphatic carbocycles. The zero-order valence-corrected chi connectivity index (χ0v) is 11.1. The monoisotopic (exact) mass is 246 g/mol. The Balaban J connectivity index is 1.62. The van der Waals surface area contributed by atoms with Crippen LogP contribution in [-0.2, 0) is 11.2 Å². The number of benzene rings is 1. The van der Waals surface area contributed by atoms with Crippen LogP contribution in [0.4, 0.5) is 5.69 Å². The van der Waals surface area contributed by atoms with E-state index in [-0.39, 0.29) is 0 Å². The van der Waals surface area contributed by atoms with Crippen molar-refractivity contribution >= 4 is 5.69 Å².